The maximum Gasteiger partial charge on any atom is 0.295 e. The summed E-state index contributed by atoms with van der Waals surface area (Å²) < 4.78 is 25.0. The smallest absolute Gasteiger partial charge is 0.290 e. The standard InChI is InChI=1S/C16H15N3O4S/c1-24(21,22)16-17-14(13-9-5-6-10-19(13)16)15(20)18-23-11-12-7-3-2-4-8-12/h2-10H,11H2,1H3,(H,18,20). The van der Waals surface area contributed by atoms with Crippen LogP contribution in [0.25, 0.3) is 5.52 Å². The van der Waals surface area contributed by atoms with Crippen LogP contribution in [0.4, 0.5) is 0 Å². The van der Waals surface area contributed by atoms with E-state index in [4.69, 9.17) is 4.84 Å². The maximum atomic E-state index is 12.3. The molecule has 0 aliphatic heterocycles. The average Bonchev–Trinajstić information content (AvgIpc) is 2.96. The molecule has 2 aromatic heterocycles. The summed E-state index contributed by atoms with van der Waals surface area (Å²) in [6.45, 7) is 0.192. The lowest BCUT2D eigenvalue weighted by molar-refractivity contribution is 0.0231. The number of fused-ring (bicyclic) bond motifs is 1. The number of aromatic nitrogens is 2. The van der Waals surface area contributed by atoms with Crippen molar-refractivity contribution in [3.63, 3.8) is 0 Å². The Bertz CT molecular complexity index is 981. The van der Waals surface area contributed by atoms with Gasteiger partial charge in [-0.15, -0.1) is 0 Å². The molecule has 1 aromatic carbocycles. The van der Waals surface area contributed by atoms with E-state index in [-0.39, 0.29) is 17.5 Å². The summed E-state index contributed by atoms with van der Waals surface area (Å²) in [6.07, 6.45) is 2.59. The Hall–Kier alpha value is -2.71. The number of nitrogens with zero attached hydrogens (tertiary/aromatic N) is 2. The number of hydroxylamine groups is 1. The van der Waals surface area contributed by atoms with E-state index in [1.807, 2.05) is 30.3 Å². The minimum atomic E-state index is -3.57. The molecule has 3 aromatic rings. The molecule has 3 rings (SSSR count). The van der Waals surface area contributed by atoms with Gasteiger partial charge in [-0.2, -0.15) is 0 Å². The van der Waals surface area contributed by atoms with Gasteiger partial charge in [0.25, 0.3) is 5.91 Å². The zero-order valence-corrected chi connectivity index (χ0v) is 13.7. The number of sulfone groups is 1. The monoisotopic (exact) mass is 345 g/mol. The van der Waals surface area contributed by atoms with E-state index in [0.717, 1.165) is 11.8 Å². The van der Waals surface area contributed by atoms with Gasteiger partial charge in [-0.05, 0) is 17.7 Å². The van der Waals surface area contributed by atoms with Crippen molar-refractivity contribution in [2.24, 2.45) is 0 Å². The number of pyridine rings is 1. The van der Waals surface area contributed by atoms with Gasteiger partial charge in [-0.25, -0.2) is 18.9 Å². The van der Waals surface area contributed by atoms with E-state index in [1.165, 1.54) is 4.40 Å². The zero-order chi connectivity index (χ0) is 17.2. The van der Waals surface area contributed by atoms with E-state index in [2.05, 4.69) is 10.5 Å². The number of amides is 1. The van der Waals surface area contributed by atoms with E-state index in [1.54, 1.807) is 24.4 Å². The molecule has 1 N–H and O–H groups in total. The molecular formula is C16H15N3O4S. The van der Waals surface area contributed by atoms with Crippen LogP contribution in [0.3, 0.4) is 0 Å². The molecule has 0 aliphatic rings. The lowest BCUT2D eigenvalue weighted by atomic mass is 10.2. The molecule has 0 fully saturated rings. The van der Waals surface area contributed by atoms with Crippen molar-refractivity contribution in [3.05, 3.63) is 66.0 Å². The largest absolute Gasteiger partial charge is 0.295 e. The number of benzene rings is 1. The minimum Gasteiger partial charge on any atom is -0.290 e. The van der Waals surface area contributed by atoms with Gasteiger partial charge in [0.05, 0.1) is 12.1 Å². The summed E-state index contributed by atoms with van der Waals surface area (Å²) >= 11 is 0. The van der Waals surface area contributed by atoms with Crippen LogP contribution in [-0.2, 0) is 21.3 Å². The normalized spacial score (nSPS) is 11.5. The first-order chi connectivity index (χ1) is 11.5. The topological polar surface area (TPSA) is 89.8 Å². The minimum absolute atomic E-state index is 0.0101. The molecule has 0 radical (unpaired) electrons. The molecule has 0 saturated heterocycles. The first kappa shape index (κ1) is 16.2. The summed E-state index contributed by atoms with van der Waals surface area (Å²) in [4.78, 5) is 21.4. The molecule has 7 nitrogen and oxygen atoms in total. The highest BCUT2D eigenvalue weighted by Gasteiger charge is 2.22. The molecule has 124 valence electrons. The number of carbonyl (C=O) groups is 1. The molecular weight excluding hydrogens is 330 g/mol. The fourth-order valence-electron chi connectivity index (χ4n) is 2.25. The summed E-state index contributed by atoms with van der Waals surface area (Å²) in [5.74, 6) is -0.607. The maximum absolute atomic E-state index is 12.3. The fraction of sp³-hybridized carbons (Fsp3) is 0.125. The zero-order valence-electron chi connectivity index (χ0n) is 12.8. The van der Waals surface area contributed by atoms with Crippen LogP contribution in [-0.4, -0.2) is 30.0 Å². The Morgan fingerprint density at radius 3 is 2.58 bits per heavy atom. The second-order valence-electron chi connectivity index (χ2n) is 5.18. The quantitative estimate of drug-likeness (QED) is 0.710. The molecule has 0 saturated carbocycles. The van der Waals surface area contributed by atoms with Crippen LogP contribution >= 0.6 is 0 Å². The number of carbonyl (C=O) groups excluding carboxylic acids is 1. The van der Waals surface area contributed by atoms with Crippen LogP contribution in [0.5, 0.6) is 0 Å². The predicted molar refractivity (Wildman–Crippen MR) is 87.0 cm³/mol. The summed E-state index contributed by atoms with van der Waals surface area (Å²) in [6, 6.07) is 14.3. The Kier molecular flexibility index (Phi) is 4.32. The molecule has 0 spiro atoms. The second-order valence-corrected chi connectivity index (χ2v) is 7.09. The van der Waals surface area contributed by atoms with Crippen molar-refractivity contribution < 1.29 is 18.0 Å². The number of nitrogens with one attached hydrogen (secondary N) is 1. The van der Waals surface area contributed by atoms with Crippen LogP contribution in [0.2, 0.25) is 0 Å². The van der Waals surface area contributed by atoms with Crippen molar-refractivity contribution in [3.8, 4) is 0 Å². The second kappa shape index (κ2) is 6.42. The van der Waals surface area contributed by atoms with Gasteiger partial charge in [-0.1, -0.05) is 36.4 Å². The predicted octanol–water partition coefficient (Wildman–Crippen LogP) is 1.60. The number of hydrogen-bond acceptors (Lipinski definition) is 5. The Morgan fingerprint density at radius 2 is 1.88 bits per heavy atom. The summed E-state index contributed by atoms with van der Waals surface area (Å²) in [5.41, 5.74) is 3.57. The van der Waals surface area contributed by atoms with Crippen LogP contribution in [0.1, 0.15) is 16.1 Å². The molecule has 0 atom stereocenters. The molecule has 24 heavy (non-hydrogen) atoms. The highest BCUT2D eigenvalue weighted by Crippen LogP contribution is 2.16. The molecule has 0 bridgehead atoms. The lowest BCUT2D eigenvalue weighted by Gasteiger charge is -2.04. The van der Waals surface area contributed by atoms with Gasteiger partial charge >= 0.3 is 0 Å². The highest BCUT2D eigenvalue weighted by molar-refractivity contribution is 7.90. The summed E-state index contributed by atoms with van der Waals surface area (Å²) in [7, 11) is -3.57. The van der Waals surface area contributed by atoms with Crippen molar-refractivity contribution in [1.82, 2.24) is 14.9 Å². The van der Waals surface area contributed by atoms with Gasteiger partial charge in [-0.3, -0.25) is 14.0 Å². The van der Waals surface area contributed by atoms with Gasteiger partial charge in [0.2, 0.25) is 15.0 Å². The van der Waals surface area contributed by atoms with E-state index in [0.29, 0.717) is 5.52 Å². The van der Waals surface area contributed by atoms with Gasteiger partial charge in [0.15, 0.2) is 5.69 Å². The van der Waals surface area contributed by atoms with E-state index >= 15 is 0 Å². The average molecular weight is 345 g/mol. The van der Waals surface area contributed by atoms with Gasteiger partial charge < -0.3 is 0 Å². The molecule has 8 heteroatoms. The molecule has 2 heterocycles. The van der Waals surface area contributed by atoms with Crippen LogP contribution in [0, 0.1) is 0 Å². The molecule has 0 aliphatic carbocycles. The third-order valence-electron chi connectivity index (χ3n) is 3.31. The highest BCUT2D eigenvalue weighted by atomic mass is 32.2. The number of imidazole rings is 1. The number of rotatable bonds is 5. The Balaban J connectivity index is 1.82. The van der Waals surface area contributed by atoms with Crippen molar-refractivity contribution in [2.45, 2.75) is 11.8 Å². The van der Waals surface area contributed by atoms with E-state index in [9.17, 15) is 13.2 Å². The molecule has 1 amide bonds. The van der Waals surface area contributed by atoms with Gasteiger partial charge in [0, 0.05) is 12.5 Å². The third kappa shape index (κ3) is 3.29. The van der Waals surface area contributed by atoms with Crippen molar-refractivity contribution in [2.75, 3.05) is 6.26 Å². The first-order valence-electron chi connectivity index (χ1n) is 7.10. The Labute approximate surface area is 138 Å². The SMILES string of the molecule is CS(=O)(=O)c1nc(C(=O)NOCc2ccccc2)c2ccccn12. The third-order valence-corrected chi connectivity index (χ3v) is 4.26. The van der Waals surface area contributed by atoms with Crippen LogP contribution in [0.15, 0.2) is 59.9 Å². The summed E-state index contributed by atoms with van der Waals surface area (Å²) in [5, 5.41) is -0.189. The fourth-order valence-corrected chi connectivity index (χ4v) is 3.02. The van der Waals surface area contributed by atoms with Crippen molar-refractivity contribution in [1.29, 1.82) is 0 Å². The molecule has 0 unspecified atom stereocenters. The lowest BCUT2D eigenvalue weighted by Crippen LogP contribution is -2.24. The first-order valence-corrected chi connectivity index (χ1v) is 8.99. The van der Waals surface area contributed by atoms with Crippen molar-refractivity contribution >= 4 is 21.3 Å². The number of hydrogen-bond donors (Lipinski definition) is 1. The Morgan fingerprint density at radius 1 is 1.17 bits per heavy atom. The van der Waals surface area contributed by atoms with E-state index < -0.39 is 15.7 Å². The van der Waals surface area contributed by atoms with Crippen LogP contribution < -0.4 is 5.48 Å². The van der Waals surface area contributed by atoms with Gasteiger partial charge in [0.1, 0.15) is 0 Å².